The van der Waals surface area contributed by atoms with Gasteiger partial charge >= 0.3 is 0 Å². The summed E-state index contributed by atoms with van der Waals surface area (Å²) in [4.78, 5) is 42.1. The van der Waals surface area contributed by atoms with Crippen molar-refractivity contribution in [3.63, 3.8) is 0 Å². The first kappa shape index (κ1) is 21.1. The number of amides is 3. The van der Waals surface area contributed by atoms with E-state index in [1.807, 2.05) is 25.1 Å². The summed E-state index contributed by atoms with van der Waals surface area (Å²) in [6, 6.07) is 10.2. The summed E-state index contributed by atoms with van der Waals surface area (Å²) in [6.45, 7) is 3.76. The van der Waals surface area contributed by atoms with Gasteiger partial charge in [-0.15, -0.1) is 0 Å². The second-order valence-electron chi connectivity index (χ2n) is 9.36. The van der Waals surface area contributed by atoms with Crippen molar-refractivity contribution in [3.8, 4) is 11.5 Å². The van der Waals surface area contributed by atoms with Gasteiger partial charge in [-0.3, -0.25) is 24.6 Å². The number of ether oxygens (including phenoxy) is 2. The van der Waals surface area contributed by atoms with Crippen molar-refractivity contribution in [2.75, 3.05) is 12.1 Å². The number of rotatable bonds is 4. The van der Waals surface area contributed by atoms with Crippen LogP contribution in [0.3, 0.4) is 0 Å². The van der Waals surface area contributed by atoms with Crippen molar-refractivity contribution in [1.29, 1.82) is 0 Å². The molecule has 2 fully saturated rings. The van der Waals surface area contributed by atoms with Crippen LogP contribution in [-0.4, -0.2) is 46.7 Å². The molecule has 9 heteroatoms. The predicted octanol–water partition coefficient (Wildman–Crippen LogP) is 1.28. The molecule has 4 aliphatic heterocycles. The Morgan fingerprint density at radius 3 is 2.62 bits per heavy atom. The number of carbonyl (C=O) groups excluding carboxylic acids is 3. The Balaban J connectivity index is 1.42. The minimum atomic E-state index is -1.41. The molecule has 2 aromatic carbocycles. The predicted molar refractivity (Wildman–Crippen MR) is 120 cm³/mol. The number of imide groups is 1. The van der Waals surface area contributed by atoms with Gasteiger partial charge < -0.3 is 19.9 Å². The van der Waals surface area contributed by atoms with Crippen LogP contribution in [0.25, 0.3) is 0 Å². The van der Waals surface area contributed by atoms with Crippen molar-refractivity contribution in [3.05, 3.63) is 53.1 Å². The molecule has 2 aromatic rings. The lowest BCUT2D eigenvalue weighted by atomic mass is 9.76. The number of fused-ring (bicyclic) bond motifs is 5. The topological polar surface area (TPSA) is 117 Å². The van der Waals surface area contributed by atoms with Gasteiger partial charge in [-0.2, -0.15) is 0 Å². The molecule has 1 spiro atoms. The molecule has 0 saturated carbocycles. The first-order valence-electron chi connectivity index (χ1n) is 11.5. The van der Waals surface area contributed by atoms with Crippen LogP contribution in [0.15, 0.2) is 36.4 Å². The van der Waals surface area contributed by atoms with E-state index in [-0.39, 0.29) is 19.2 Å². The second kappa shape index (κ2) is 7.28. The SMILES string of the molecule is CCc1ccc2c(c1)[C@]1(N[C@H]([C@H](C)O)[C@H]3C(=O)N(Cc4ccc5c(c4)OCO5)C(=O)[C@H]31)C(=O)N2. The lowest BCUT2D eigenvalue weighted by Crippen LogP contribution is -2.54. The van der Waals surface area contributed by atoms with Gasteiger partial charge in [0.15, 0.2) is 11.5 Å². The zero-order valence-electron chi connectivity index (χ0n) is 18.8. The van der Waals surface area contributed by atoms with Gasteiger partial charge in [0.05, 0.1) is 24.5 Å². The molecule has 9 nitrogen and oxygen atoms in total. The summed E-state index contributed by atoms with van der Waals surface area (Å²) in [7, 11) is 0. The lowest BCUT2D eigenvalue weighted by Gasteiger charge is -2.30. The molecule has 176 valence electrons. The highest BCUT2D eigenvalue weighted by Gasteiger charge is 2.71. The number of carbonyl (C=O) groups is 3. The quantitative estimate of drug-likeness (QED) is 0.585. The van der Waals surface area contributed by atoms with Crippen LogP contribution in [0.1, 0.15) is 30.5 Å². The fourth-order valence-corrected chi connectivity index (χ4v) is 5.85. The van der Waals surface area contributed by atoms with E-state index in [1.54, 1.807) is 25.1 Å². The Kier molecular flexibility index (Phi) is 4.53. The van der Waals surface area contributed by atoms with Crippen LogP contribution >= 0.6 is 0 Å². The summed E-state index contributed by atoms with van der Waals surface area (Å²) >= 11 is 0. The minimum Gasteiger partial charge on any atom is -0.454 e. The Morgan fingerprint density at radius 1 is 1.09 bits per heavy atom. The van der Waals surface area contributed by atoms with Crippen molar-refractivity contribution >= 4 is 23.4 Å². The molecule has 2 saturated heterocycles. The van der Waals surface area contributed by atoms with E-state index in [2.05, 4.69) is 10.6 Å². The van der Waals surface area contributed by atoms with E-state index < -0.39 is 41.3 Å². The molecule has 0 radical (unpaired) electrons. The number of hydrogen-bond donors (Lipinski definition) is 3. The van der Waals surface area contributed by atoms with Crippen molar-refractivity contribution in [2.24, 2.45) is 11.8 Å². The smallest absolute Gasteiger partial charge is 0.250 e. The standard InChI is InChI=1S/C25H25N3O6/c1-3-13-4-6-16-15(8-13)25(24(32)26-16)20-19(21(27-25)12(2)29)22(30)28(23(20)31)10-14-5-7-17-18(9-14)34-11-33-17/h4-9,12,19-21,27,29H,3,10-11H2,1-2H3,(H,26,32)/t12-,19-,20-,21+,25+/m0/s1. The third kappa shape index (κ3) is 2.71. The van der Waals surface area contributed by atoms with Crippen molar-refractivity contribution in [2.45, 2.75) is 44.5 Å². The molecule has 4 aliphatic rings. The van der Waals surface area contributed by atoms with E-state index in [1.165, 1.54) is 4.90 Å². The number of aryl methyl sites for hydroxylation is 1. The highest BCUT2D eigenvalue weighted by atomic mass is 16.7. The van der Waals surface area contributed by atoms with Crippen LogP contribution in [0.2, 0.25) is 0 Å². The number of aliphatic hydroxyl groups is 1. The molecule has 6 rings (SSSR count). The third-order valence-electron chi connectivity index (χ3n) is 7.51. The molecule has 0 unspecified atom stereocenters. The highest BCUT2D eigenvalue weighted by molar-refractivity contribution is 6.15. The van der Waals surface area contributed by atoms with E-state index in [0.717, 1.165) is 12.0 Å². The Labute approximate surface area is 196 Å². The monoisotopic (exact) mass is 463 g/mol. The maximum Gasteiger partial charge on any atom is 0.250 e. The zero-order valence-corrected chi connectivity index (χ0v) is 18.8. The summed E-state index contributed by atoms with van der Waals surface area (Å²) in [5, 5.41) is 16.7. The number of nitrogens with one attached hydrogen (secondary N) is 2. The Bertz CT molecular complexity index is 1240. The molecule has 0 aliphatic carbocycles. The average molecular weight is 463 g/mol. The summed E-state index contributed by atoms with van der Waals surface area (Å²) in [6.07, 6.45) is -0.186. The first-order chi connectivity index (χ1) is 16.3. The summed E-state index contributed by atoms with van der Waals surface area (Å²) in [5.74, 6) is -1.83. The largest absolute Gasteiger partial charge is 0.454 e. The van der Waals surface area contributed by atoms with Crippen molar-refractivity contribution in [1.82, 2.24) is 10.2 Å². The normalized spacial score (nSPS) is 29.6. The van der Waals surface area contributed by atoms with Gasteiger partial charge in [0.25, 0.3) is 0 Å². The van der Waals surface area contributed by atoms with E-state index in [4.69, 9.17) is 9.47 Å². The number of likely N-dealkylation sites (tertiary alicyclic amines) is 1. The minimum absolute atomic E-state index is 0.0490. The Morgan fingerprint density at radius 2 is 1.85 bits per heavy atom. The Hall–Kier alpha value is -3.43. The van der Waals surface area contributed by atoms with Gasteiger partial charge in [-0.05, 0) is 42.7 Å². The zero-order chi connectivity index (χ0) is 23.8. The maximum absolute atomic E-state index is 13.8. The van der Waals surface area contributed by atoms with Gasteiger partial charge in [0.1, 0.15) is 5.54 Å². The van der Waals surface area contributed by atoms with E-state index in [9.17, 15) is 19.5 Å². The summed E-state index contributed by atoms with van der Waals surface area (Å²) in [5.41, 5.74) is 1.59. The van der Waals surface area contributed by atoms with Crippen LogP contribution in [0.5, 0.6) is 11.5 Å². The fraction of sp³-hybridized carbons (Fsp3) is 0.400. The van der Waals surface area contributed by atoms with Gasteiger partial charge in [-0.25, -0.2) is 0 Å². The van der Waals surface area contributed by atoms with Crippen molar-refractivity contribution < 1.29 is 29.0 Å². The molecule has 0 bridgehead atoms. The molecule has 0 aromatic heterocycles. The van der Waals surface area contributed by atoms with Crippen LogP contribution in [0.4, 0.5) is 5.69 Å². The number of aliphatic hydroxyl groups excluding tert-OH is 1. The van der Waals surface area contributed by atoms with Crippen LogP contribution < -0.4 is 20.1 Å². The average Bonchev–Trinajstić information content (AvgIpc) is 3.55. The molecule has 3 amide bonds. The molecule has 5 atom stereocenters. The van der Waals surface area contributed by atoms with Gasteiger partial charge in [0.2, 0.25) is 24.5 Å². The van der Waals surface area contributed by atoms with E-state index >= 15 is 0 Å². The van der Waals surface area contributed by atoms with Crippen LogP contribution in [-0.2, 0) is 32.9 Å². The molecular formula is C25H25N3O6. The van der Waals surface area contributed by atoms with E-state index in [0.29, 0.717) is 28.3 Å². The van der Waals surface area contributed by atoms with Gasteiger partial charge in [0, 0.05) is 17.3 Å². The second-order valence-corrected chi connectivity index (χ2v) is 9.36. The maximum atomic E-state index is 13.8. The third-order valence-corrected chi connectivity index (χ3v) is 7.51. The number of benzene rings is 2. The first-order valence-corrected chi connectivity index (χ1v) is 11.5. The number of nitrogens with zero attached hydrogens (tertiary/aromatic N) is 1. The fourth-order valence-electron chi connectivity index (χ4n) is 5.85. The highest BCUT2D eigenvalue weighted by Crippen LogP contribution is 2.53. The molecule has 34 heavy (non-hydrogen) atoms. The van der Waals surface area contributed by atoms with Crippen LogP contribution in [0, 0.1) is 11.8 Å². The summed E-state index contributed by atoms with van der Waals surface area (Å²) < 4.78 is 10.8. The molecular weight excluding hydrogens is 438 g/mol. The van der Waals surface area contributed by atoms with Gasteiger partial charge in [-0.1, -0.05) is 25.1 Å². The molecule has 3 N–H and O–H groups in total. The number of hydrogen-bond acceptors (Lipinski definition) is 7. The molecule has 4 heterocycles. The lowest BCUT2D eigenvalue weighted by molar-refractivity contribution is -0.143. The number of anilines is 1.